The summed E-state index contributed by atoms with van der Waals surface area (Å²) in [5, 5.41) is 16.0. The Bertz CT molecular complexity index is 1190. The Morgan fingerprint density at radius 2 is 1.74 bits per heavy atom. The Balaban J connectivity index is 0.00000432. The molecule has 0 aliphatic heterocycles. The molecule has 0 saturated carbocycles. The second-order valence-electron chi connectivity index (χ2n) is 8.12. The van der Waals surface area contributed by atoms with E-state index in [9.17, 15) is 19.5 Å². The summed E-state index contributed by atoms with van der Waals surface area (Å²) in [6.45, 7) is 3.28. The van der Waals surface area contributed by atoms with Crippen molar-refractivity contribution in [2.24, 2.45) is 5.73 Å². The molecule has 0 spiro atoms. The summed E-state index contributed by atoms with van der Waals surface area (Å²) in [5.74, 6) is -0.292. The third kappa shape index (κ3) is 6.60. The number of nitrogens with zero attached hydrogens (tertiary/aromatic N) is 1. The average molecular weight is 503 g/mol. The Kier molecular flexibility index (Phi) is 9.82. The van der Waals surface area contributed by atoms with Crippen LogP contribution in [0, 0.1) is 6.92 Å². The fourth-order valence-electron chi connectivity index (χ4n) is 3.69. The van der Waals surface area contributed by atoms with Crippen LogP contribution in [0.5, 0.6) is 5.75 Å². The van der Waals surface area contributed by atoms with Gasteiger partial charge in [-0.25, -0.2) is 0 Å². The van der Waals surface area contributed by atoms with Crippen LogP contribution >= 0.6 is 12.4 Å². The Hall–Kier alpha value is -3.40. The molecule has 1 aromatic heterocycles. The number of hydrogen-bond donors (Lipinski definition) is 4. The zero-order valence-corrected chi connectivity index (χ0v) is 20.7. The summed E-state index contributed by atoms with van der Waals surface area (Å²) in [5.41, 5.74) is 8.02. The third-order valence-electron chi connectivity index (χ3n) is 5.56. The van der Waals surface area contributed by atoms with E-state index in [0.29, 0.717) is 28.1 Å². The Morgan fingerprint density at radius 1 is 1.09 bits per heavy atom. The second-order valence-corrected chi connectivity index (χ2v) is 8.12. The number of nitrogens with one attached hydrogen (secondary N) is 2. The lowest BCUT2D eigenvalue weighted by Crippen LogP contribution is -2.44. The molecule has 5 N–H and O–H groups in total. The molecule has 10 heteroatoms. The molecule has 35 heavy (non-hydrogen) atoms. The van der Waals surface area contributed by atoms with Gasteiger partial charge in [-0.05, 0) is 49.7 Å². The first-order valence-corrected chi connectivity index (χ1v) is 11.0. The van der Waals surface area contributed by atoms with Crippen molar-refractivity contribution in [3.05, 3.63) is 65.4 Å². The van der Waals surface area contributed by atoms with Crippen LogP contribution in [0.2, 0.25) is 0 Å². The number of rotatable bonds is 9. The van der Waals surface area contributed by atoms with Crippen molar-refractivity contribution < 1.29 is 24.2 Å². The van der Waals surface area contributed by atoms with E-state index in [1.165, 1.54) is 0 Å². The molecule has 3 rings (SSSR count). The zero-order chi connectivity index (χ0) is 24.8. The molecule has 0 aliphatic carbocycles. The lowest BCUT2D eigenvalue weighted by Gasteiger charge is -2.14. The highest BCUT2D eigenvalue weighted by Crippen LogP contribution is 2.30. The standard InChI is InChI=1S/C25H30N4O5.ClH/c1-15(26)24(32)28-14-18(30)13-27-23(31)12-20-16(2)29(25(33)17-7-5-4-6-8-17)22-10-9-19(34-3)11-21(20)22;/h4-11,15,18,30H,12-14,26H2,1-3H3,(H,27,31)(H,28,32);1H/t15-,18?;/m0./s1. The number of aliphatic hydroxyl groups is 1. The van der Waals surface area contributed by atoms with Crippen molar-refractivity contribution in [3.63, 3.8) is 0 Å². The van der Waals surface area contributed by atoms with Crippen LogP contribution in [0.3, 0.4) is 0 Å². The first-order chi connectivity index (χ1) is 16.2. The summed E-state index contributed by atoms with van der Waals surface area (Å²) in [6, 6.07) is 13.6. The quantitative estimate of drug-likeness (QED) is 0.350. The highest BCUT2D eigenvalue weighted by atomic mass is 35.5. The Morgan fingerprint density at radius 3 is 2.37 bits per heavy atom. The number of amides is 2. The molecule has 1 unspecified atom stereocenters. The molecule has 0 aliphatic rings. The van der Waals surface area contributed by atoms with Crippen LogP contribution < -0.4 is 21.1 Å². The van der Waals surface area contributed by atoms with Gasteiger partial charge in [0.1, 0.15) is 5.75 Å². The Labute approximate surface area is 210 Å². The minimum Gasteiger partial charge on any atom is -0.497 e. The van der Waals surface area contributed by atoms with E-state index >= 15 is 0 Å². The number of fused-ring (bicyclic) bond motifs is 1. The molecule has 0 radical (unpaired) electrons. The first-order valence-electron chi connectivity index (χ1n) is 11.0. The van der Waals surface area contributed by atoms with E-state index in [-0.39, 0.29) is 49.6 Å². The molecule has 2 atom stereocenters. The van der Waals surface area contributed by atoms with Gasteiger partial charge in [0.25, 0.3) is 5.91 Å². The smallest absolute Gasteiger partial charge is 0.262 e. The molecular formula is C25H31ClN4O5. The van der Waals surface area contributed by atoms with Crippen LogP contribution in [0.25, 0.3) is 10.9 Å². The largest absolute Gasteiger partial charge is 0.497 e. The average Bonchev–Trinajstić information content (AvgIpc) is 3.11. The maximum absolute atomic E-state index is 13.3. The molecule has 188 valence electrons. The predicted octanol–water partition coefficient (Wildman–Crippen LogP) is 1.55. The zero-order valence-electron chi connectivity index (χ0n) is 19.9. The maximum Gasteiger partial charge on any atom is 0.262 e. The molecule has 2 amide bonds. The maximum atomic E-state index is 13.3. The monoisotopic (exact) mass is 502 g/mol. The van der Waals surface area contributed by atoms with Crippen LogP contribution in [0.15, 0.2) is 48.5 Å². The van der Waals surface area contributed by atoms with E-state index in [1.54, 1.807) is 68.0 Å². The SMILES string of the molecule is COc1ccc2c(c1)c(CC(=O)NCC(O)CNC(=O)[C@H](C)N)c(C)n2C(=O)c1ccccc1.Cl. The van der Waals surface area contributed by atoms with Gasteiger partial charge < -0.3 is 26.2 Å². The van der Waals surface area contributed by atoms with Crippen molar-refractivity contribution in [2.45, 2.75) is 32.4 Å². The van der Waals surface area contributed by atoms with Gasteiger partial charge in [-0.15, -0.1) is 12.4 Å². The summed E-state index contributed by atoms with van der Waals surface area (Å²) in [6.07, 6.45) is -0.961. The fourth-order valence-corrected chi connectivity index (χ4v) is 3.69. The number of ether oxygens (including phenoxy) is 1. The van der Waals surface area contributed by atoms with Crippen LogP contribution in [0.1, 0.15) is 28.5 Å². The summed E-state index contributed by atoms with van der Waals surface area (Å²) < 4.78 is 6.95. The number of aromatic nitrogens is 1. The van der Waals surface area contributed by atoms with Gasteiger partial charge in [0, 0.05) is 29.7 Å². The molecule has 0 saturated heterocycles. The van der Waals surface area contributed by atoms with Crippen molar-refractivity contribution in [1.82, 2.24) is 15.2 Å². The van der Waals surface area contributed by atoms with E-state index in [1.807, 2.05) is 6.07 Å². The first kappa shape index (κ1) is 27.8. The molecule has 1 heterocycles. The molecule has 0 bridgehead atoms. The van der Waals surface area contributed by atoms with Gasteiger partial charge in [-0.2, -0.15) is 0 Å². The molecule has 3 aromatic rings. The van der Waals surface area contributed by atoms with Crippen molar-refractivity contribution in [3.8, 4) is 5.75 Å². The number of benzene rings is 2. The summed E-state index contributed by atoms with van der Waals surface area (Å²) in [4.78, 5) is 37.5. The van der Waals surface area contributed by atoms with E-state index in [2.05, 4.69) is 10.6 Å². The highest BCUT2D eigenvalue weighted by Gasteiger charge is 2.22. The number of carbonyl (C=O) groups excluding carboxylic acids is 3. The van der Waals surface area contributed by atoms with Crippen molar-refractivity contribution in [1.29, 1.82) is 0 Å². The summed E-state index contributed by atoms with van der Waals surface area (Å²) in [7, 11) is 1.55. The van der Waals surface area contributed by atoms with E-state index in [0.717, 1.165) is 5.39 Å². The van der Waals surface area contributed by atoms with Gasteiger partial charge in [0.2, 0.25) is 11.8 Å². The van der Waals surface area contributed by atoms with E-state index in [4.69, 9.17) is 10.5 Å². The van der Waals surface area contributed by atoms with Crippen molar-refractivity contribution in [2.75, 3.05) is 20.2 Å². The van der Waals surface area contributed by atoms with Crippen LogP contribution in [-0.4, -0.2) is 59.7 Å². The number of aliphatic hydroxyl groups excluding tert-OH is 1. The molecule has 2 aromatic carbocycles. The van der Waals surface area contributed by atoms with Crippen LogP contribution in [0.4, 0.5) is 0 Å². The van der Waals surface area contributed by atoms with Crippen LogP contribution in [-0.2, 0) is 16.0 Å². The lowest BCUT2D eigenvalue weighted by atomic mass is 10.1. The number of nitrogens with two attached hydrogens (primary N) is 1. The fraction of sp³-hybridized carbons (Fsp3) is 0.320. The van der Waals surface area contributed by atoms with Gasteiger partial charge >= 0.3 is 0 Å². The molecular weight excluding hydrogens is 472 g/mol. The second kappa shape index (κ2) is 12.3. The lowest BCUT2D eigenvalue weighted by molar-refractivity contribution is -0.122. The predicted molar refractivity (Wildman–Crippen MR) is 136 cm³/mol. The number of carbonyl (C=O) groups is 3. The number of halogens is 1. The topological polar surface area (TPSA) is 136 Å². The summed E-state index contributed by atoms with van der Waals surface area (Å²) >= 11 is 0. The van der Waals surface area contributed by atoms with Gasteiger partial charge in [0.05, 0.1) is 31.2 Å². The molecule has 0 fully saturated rings. The highest BCUT2D eigenvalue weighted by molar-refractivity contribution is 6.05. The normalized spacial score (nSPS) is 12.4. The van der Waals surface area contributed by atoms with Gasteiger partial charge in [-0.3, -0.25) is 19.0 Å². The van der Waals surface area contributed by atoms with Gasteiger partial charge in [0.15, 0.2) is 0 Å². The molecule has 9 nitrogen and oxygen atoms in total. The van der Waals surface area contributed by atoms with E-state index < -0.39 is 12.1 Å². The van der Waals surface area contributed by atoms with Crippen molar-refractivity contribution >= 4 is 41.0 Å². The minimum absolute atomic E-state index is 0. The number of methoxy groups -OCH3 is 1. The number of hydrogen-bond acceptors (Lipinski definition) is 6. The minimum atomic E-state index is -0.964. The third-order valence-corrected chi connectivity index (χ3v) is 5.56. The van der Waals surface area contributed by atoms with Gasteiger partial charge in [-0.1, -0.05) is 18.2 Å².